The summed E-state index contributed by atoms with van der Waals surface area (Å²) in [4.78, 5) is 18.1. The Labute approximate surface area is 185 Å². The maximum Gasteiger partial charge on any atom is 0.280 e. The molecule has 0 atom stereocenters. The molecule has 0 fully saturated rings. The van der Waals surface area contributed by atoms with E-state index in [-0.39, 0.29) is 11.4 Å². The number of methoxy groups -OCH3 is 1. The fourth-order valence-electron chi connectivity index (χ4n) is 3.59. The lowest BCUT2D eigenvalue weighted by molar-refractivity contribution is 0.415. The molecule has 4 rings (SSSR count). The van der Waals surface area contributed by atoms with Crippen LogP contribution in [0.3, 0.4) is 0 Å². The Hall–Kier alpha value is -3.93. The third kappa shape index (κ3) is 4.54. The fraction of sp³-hybridized carbons (Fsp3) is 0.154. The van der Waals surface area contributed by atoms with Gasteiger partial charge in [0.15, 0.2) is 0 Å². The van der Waals surface area contributed by atoms with Crippen molar-refractivity contribution >= 4 is 5.71 Å². The number of H-pyrrole nitrogens is 1. The van der Waals surface area contributed by atoms with Crippen LogP contribution in [0.25, 0.3) is 16.9 Å². The van der Waals surface area contributed by atoms with Crippen molar-refractivity contribution in [2.24, 2.45) is 4.99 Å². The zero-order valence-corrected chi connectivity index (χ0v) is 18.0. The van der Waals surface area contributed by atoms with Crippen LogP contribution in [-0.4, -0.2) is 29.1 Å². The van der Waals surface area contributed by atoms with Crippen molar-refractivity contribution in [1.82, 2.24) is 9.78 Å². The van der Waals surface area contributed by atoms with E-state index in [1.54, 1.807) is 19.2 Å². The third-order valence-corrected chi connectivity index (χ3v) is 5.31. The van der Waals surface area contributed by atoms with Gasteiger partial charge in [-0.15, -0.1) is 0 Å². The summed E-state index contributed by atoms with van der Waals surface area (Å²) in [5, 5.41) is 3.19. The minimum atomic E-state index is -0.359. The second kappa shape index (κ2) is 9.47. The summed E-state index contributed by atoms with van der Waals surface area (Å²) in [6.07, 6.45) is 0.784. The molecule has 1 N–H and O–H groups in total. The van der Waals surface area contributed by atoms with E-state index in [2.05, 4.69) is 17.2 Å². The summed E-state index contributed by atoms with van der Waals surface area (Å²) < 4.78 is 20.1. The average Bonchev–Trinajstić information content (AvgIpc) is 3.17. The van der Waals surface area contributed by atoms with Crippen LogP contribution in [0.15, 0.2) is 88.6 Å². The highest BCUT2D eigenvalue weighted by Gasteiger charge is 2.19. The predicted molar refractivity (Wildman–Crippen MR) is 126 cm³/mol. The summed E-state index contributed by atoms with van der Waals surface area (Å²) >= 11 is 0. The van der Waals surface area contributed by atoms with Crippen molar-refractivity contribution in [2.45, 2.75) is 13.3 Å². The summed E-state index contributed by atoms with van der Waals surface area (Å²) in [5.74, 6) is 0.367. The van der Waals surface area contributed by atoms with Crippen molar-refractivity contribution < 1.29 is 9.13 Å². The first-order valence-corrected chi connectivity index (χ1v) is 10.4. The molecule has 162 valence electrons. The van der Waals surface area contributed by atoms with Gasteiger partial charge in [-0.3, -0.25) is 14.9 Å². The first-order chi connectivity index (χ1) is 15.6. The molecule has 0 radical (unpaired) electrons. The predicted octanol–water partition coefficient (Wildman–Crippen LogP) is 5.03. The number of halogens is 1. The number of rotatable bonds is 7. The Bertz CT molecular complexity index is 1270. The van der Waals surface area contributed by atoms with Crippen molar-refractivity contribution in [3.8, 4) is 22.7 Å². The summed E-state index contributed by atoms with van der Waals surface area (Å²) in [6.45, 7) is 2.41. The first kappa shape index (κ1) is 21.3. The van der Waals surface area contributed by atoms with E-state index in [1.807, 2.05) is 49.4 Å². The highest BCUT2D eigenvalue weighted by molar-refractivity contribution is 6.03. The molecule has 0 aliphatic rings. The molecule has 3 aromatic carbocycles. The summed E-state index contributed by atoms with van der Waals surface area (Å²) in [7, 11) is 1.61. The minimum Gasteiger partial charge on any atom is -0.497 e. The van der Waals surface area contributed by atoms with Crippen molar-refractivity contribution in [2.75, 3.05) is 13.7 Å². The Morgan fingerprint density at radius 1 is 1.00 bits per heavy atom. The lowest BCUT2D eigenvalue weighted by Gasteiger charge is -2.05. The maximum absolute atomic E-state index is 13.4. The molecular formula is C26H24FN3O2. The van der Waals surface area contributed by atoms with Gasteiger partial charge in [0.25, 0.3) is 5.56 Å². The largest absolute Gasteiger partial charge is 0.497 e. The second-order valence-corrected chi connectivity index (χ2v) is 7.41. The molecule has 0 saturated heterocycles. The van der Waals surface area contributed by atoms with Gasteiger partial charge in [0.05, 0.1) is 24.1 Å². The summed E-state index contributed by atoms with van der Waals surface area (Å²) in [5.41, 5.74) is 4.14. The standard InChI is InChI=1S/C26H24FN3O2/c1-18(28-17-16-19-6-4-3-5-7-19)24-25(20-8-14-23(32-2)15-9-20)29-30(26(24)31)22-12-10-21(27)11-13-22/h3-15,29H,16-17H2,1-2H3. The Morgan fingerprint density at radius 3 is 2.34 bits per heavy atom. The van der Waals surface area contributed by atoms with Crippen molar-refractivity contribution in [1.29, 1.82) is 0 Å². The number of hydrogen-bond acceptors (Lipinski definition) is 3. The molecule has 0 saturated carbocycles. The van der Waals surface area contributed by atoms with E-state index in [0.29, 0.717) is 29.2 Å². The molecular weight excluding hydrogens is 405 g/mol. The normalized spacial score (nSPS) is 11.5. The van der Waals surface area contributed by atoms with Crippen LogP contribution in [0.2, 0.25) is 0 Å². The average molecular weight is 429 g/mol. The molecule has 0 spiro atoms. The van der Waals surface area contributed by atoms with Crippen LogP contribution in [0.4, 0.5) is 4.39 Å². The molecule has 6 heteroatoms. The smallest absolute Gasteiger partial charge is 0.280 e. The van der Waals surface area contributed by atoms with Gasteiger partial charge in [0.2, 0.25) is 0 Å². The molecule has 5 nitrogen and oxygen atoms in total. The van der Waals surface area contributed by atoms with Gasteiger partial charge < -0.3 is 4.74 Å². The van der Waals surface area contributed by atoms with Crippen molar-refractivity contribution in [3.05, 3.63) is 106 Å². The Balaban J connectivity index is 1.75. The third-order valence-electron chi connectivity index (χ3n) is 5.31. The SMILES string of the molecule is COc1ccc(-c2[nH]n(-c3ccc(F)cc3)c(=O)c2C(C)=NCCc2ccccc2)cc1. The molecule has 0 unspecified atom stereocenters. The number of ether oxygens (including phenoxy) is 1. The van der Waals surface area contributed by atoms with Crippen LogP contribution >= 0.6 is 0 Å². The minimum absolute atomic E-state index is 0.233. The van der Waals surface area contributed by atoms with E-state index in [1.165, 1.54) is 22.4 Å². The number of benzene rings is 3. The Morgan fingerprint density at radius 2 is 1.69 bits per heavy atom. The zero-order chi connectivity index (χ0) is 22.5. The topological polar surface area (TPSA) is 59.4 Å². The van der Waals surface area contributed by atoms with Gasteiger partial charge in [-0.1, -0.05) is 30.3 Å². The molecule has 0 amide bonds. The van der Waals surface area contributed by atoms with Gasteiger partial charge in [-0.25, -0.2) is 9.07 Å². The van der Waals surface area contributed by atoms with E-state index in [4.69, 9.17) is 9.73 Å². The number of aromatic amines is 1. The van der Waals surface area contributed by atoms with E-state index >= 15 is 0 Å². The summed E-state index contributed by atoms with van der Waals surface area (Å²) in [6, 6.07) is 23.4. The highest BCUT2D eigenvalue weighted by atomic mass is 19.1. The van der Waals surface area contributed by atoms with Crippen LogP contribution in [0.5, 0.6) is 5.75 Å². The number of aliphatic imine (C=N–C) groups is 1. The van der Waals surface area contributed by atoms with Crippen LogP contribution < -0.4 is 10.3 Å². The molecule has 0 bridgehead atoms. The highest BCUT2D eigenvalue weighted by Crippen LogP contribution is 2.24. The molecule has 1 heterocycles. The van der Waals surface area contributed by atoms with Crippen LogP contribution in [0, 0.1) is 5.82 Å². The Kier molecular flexibility index (Phi) is 6.31. The van der Waals surface area contributed by atoms with Crippen LogP contribution in [-0.2, 0) is 6.42 Å². The second-order valence-electron chi connectivity index (χ2n) is 7.41. The van der Waals surface area contributed by atoms with Crippen molar-refractivity contribution in [3.63, 3.8) is 0 Å². The number of aromatic nitrogens is 2. The molecule has 0 aliphatic carbocycles. The van der Waals surface area contributed by atoms with Crippen LogP contribution in [0.1, 0.15) is 18.1 Å². The molecule has 1 aromatic heterocycles. The van der Waals surface area contributed by atoms with Gasteiger partial charge in [-0.2, -0.15) is 0 Å². The van der Waals surface area contributed by atoms with Gasteiger partial charge in [-0.05, 0) is 67.4 Å². The van der Waals surface area contributed by atoms with Gasteiger partial charge in [0.1, 0.15) is 11.6 Å². The maximum atomic E-state index is 13.4. The number of nitrogens with zero attached hydrogens (tertiary/aromatic N) is 2. The van der Waals surface area contributed by atoms with E-state index in [0.717, 1.165) is 17.7 Å². The molecule has 0 aliphatic heterocycles. The zero-order valence-electron chi connectivity index (χ0n) is 18.0. The quantitative estimate of drug-likeness (QED) is 0.419. The lowest BCUT2D eigenvalue weighted by Crippen LogP contribution is -2.20. The molecule has 4 aromatic rings. The molecule has 32 heavy (non-hydrogen) atoms. The first-order valence-electron chi connectivity index (χ1n) is 10.4. The fourth-order valence-corrected chi connectivity index (χ4v) is 3.59. The number of hydrogen-bond donors (Lipinski definition) is 1. The monoisotopic (exact) mass is 429 g/mol. The van der Waals surface area contributed by atoms with Gasteiger partial charge >= 0.3 is 0 Å². The lowest BCUT2D eigenvalue weighted by atomic mass is 10.0. The van der Waals surface area contributed by atoms with E-state index < -0.39 is 0 Å². The van der Waals surface area contributed by atoms with Gasteiger partial charge in [0, 0.05) is 17.8 Å². The van der Waals surface area contributed by atoms with E-state index in [9.17, 15) is 9.18 Å². The number of nitrogens with one attached hydrogen (secondary N) is 1.